The normalized spacial score (nSPS) is 11.3. The van der Waals surface area contributed by atoms with E-state index in [1.807, 2.05) is 29.8 Å². The van der Waals surface area contributed by atoms with E-state index in [4.69, 9.17) is 0 Å². The summed E-state index contributed by atoms with van der Waals surface area (Å²) in [7, 11) is -3.54. The van der Waals surface area contributed by atoms with Crippen LogP contribution in [-0.2, 0) is 27.8 Å². The van der Waals surface area contributed by atoms with E-state index in [0.717, 1.165) is 35.5 Å². The molecule has 1 aromatic carbocycles. The molecular formula is C17H24N4O3S. The van der Waals surface area contributed by atoms with Crippen LogP contribution >= 0.6 is 0 Å². The van der Waals surface area contributed by atoms with Crippen molar-refractivity contribution in [2.24, 2.45) is 0 Å². The molecule has 0 saturated carbocycles. The number of carbonyl (C=O) groups is 1. The van der Waals surface area contributed by atoms with Gasteiger partial charge in [0, 0.05) is 25.5 Å². The molecule has 0 atom stereocenters. The van der Waals surface area contributed by atoms with Crippen molar-refractivity contribution >= 4 is 21.6 Å². The quantitative estimate of drug-likeness (QED) is 0.682. The summed E-state index contributed by atoms with van der Waals surface area (Å²) in [6, 6.07) is 7.20. The summed E-state index contributed by atoms with van der Waals surface area (Å²) in [6.45, 7) is 3.02. The van der Waals surface area contributed by atoms with Crippen LogP contribution in [0.15, 0.2) is 43.0 Å². The van der Waals surface area contributed by atoms with Gasteiger partial charge in [0.05, 0.1) is 18.3 Å². The molecule has 0 spiro atoms. The zero-order valence-corrected chi connectivity index (χ0v) is 15.4. The van der Waals surface area contributed by atoms with Crippen molar-refractivity contribution < 1.29 is 13.2 Å². The summed E-state index contributed by atoms with van der Waals surface area (Å²) >= 11 is 0. The number of aryl methyl sites for hydroxylation is 2. The third-order valence-electron chi connectivity index (χ3n) is 3.79. The molecule has 0 bridgehead atoms. The van der Waals surface area contributed by atoms with E-state index in [9.17, 15) is 13.2 Å². The first kappa shape index (κ1) is 19.0. The van der Waals surface area contributed by atoms with Gasteiger partial charge in [0.1, 0.15) is 6.54 Å². The maximum absolute atomic E-state index is 12.1. The lowest BCUT2D eigenvalue weighted by Gasteiger charge is -2.22. The summed E-state index contributed by atoms with van der Waals surface area (Å²) in [6.07, 6.45) is 7.99. The Bertz CT molecular complexity index is 771. The molecule has 7 nitrogen and oxygen atoms in total. The van der Waals surface area contributed by atoms with E-state index in [0.29, 0.717) is 12.2 Å². The summed E-state index contributed by atoms with van der Waals surface area (Å²) in [5, 5.41) is 2.76. The van der Waals surface area contributed by atoms with Gasteiger partial charge in [-0.1, -0.05) is 19.1 Å². The smallest absolute Gasteiger partial charge is 0.240 e. The lowest BCUT2D eigenvalue weighted by molar-refractivity contribution is -0.119. The number of anilines is 1. The third-order valence-corrected chi connectivity index (χ3v) is 4.94. The molecule has 0 aliphatic carbocycles. The Morgan fingerprint density at radius 3 is 2.56 bits per heavy atom. The molecule has 2 rings (SSSR count). The van der Waals surface area contributed by atoms with Crippen molar-refractivity contribution in [3.8, 4) is 0 Å². The number of hydrogen-bond donors (Lipinski definition) is 1. The van der Waals surface area contributed by atoms with Gasteiger partial charge in [-0.3, -0.25) is 9.10 Å². The Morgan fingerprint density at radius 2 is 2.00 bits per heavy atom. The predicted octanol–water partition coefficient (Wildman–Crippen LogP) is 1.42. The van der Waals surface area contributed by atoms with E-state index in [1.54, 1.807) is 24.7 Å². The molecule has 136 valence electrons. The minimum Gasteiger partial charge on any atom is -0.354 e. The number of rotatable bonds is 9. The largest absolute Gasteiger partial charge is 0.354 e. The van der Waals surface area contributed by atoms with Crippen molar-refractivity contribution in [3.63, 3.8) is 0 Å². The van der Waals surface area contributed by atoms with Crippen LogP contribution in [0, 0.1) is 0 Å². The maximum Gasteiger partial charge on any atom is 0.240 e. The van der Waals surface area contributed by atoms with Gasteiger partial charge in [0.15, 0.2) is 0 Å². The molecule has 0 aliphatic heterocycles. The molecule has 2 aromatic rings. The highest BCUT2D eigenvalue weighted by atomic mass is 32.2. The fourth-order valence-electron chi connectivity index (χ4n) is 2.39. The second-order valence-corrected chi connectivity index (χ2v) is 7.70. The number of carbonyl (C=O) groups excluding carboxylic acids is 1. The SMILES string of the molecule is CCc1ccc(N(CC(=O)NCCCn2ccnc2)S(C)(=O)=O)cc1. The van der Waals surface area contributed by atoms with E-state index in [2.05, 4.69) is 10.3 Å². The van der Waals surface area contributed by atoms with E-state index >= 15 is 0 Å². The highest BCUT2D eigenvalue weighted by Gasteiger charge is 2.20. The first-order valence-electron chi connectivity index (χ1n) is 8.19. The number of sulfonamides is 1. The monoisotopic (exact) mass is 364 g/mol. The number of imidazole rings is 1. The van der Waals surface area contributed by atoms with E-state index < -0.39 is 10.0 Å². The average Bonchev–Trinajstić information content (AvgIpc) is 3.09. The first-order chi connectivity index (χ1) is 11.9. The highest BCUT2D eigenvalue weighted by molar-refractivity contribution is 7.92. The summed E-state index contributed by atoms with van der Waals surface area (Å²) in [4.78, 5) is 16.1. The van der Waals surface area contributed by atoms with Gasteiger partial charge >= 0.3 is 0 Å². The topological polar surface area (TPSA) is 84.3 Å². The molecule has 1 aromatic heterocycles. The summed E-state index contributed by atoms with van der Waals surface area (Å²) < 4.78 is 27.1. The lowest BCUT2D eigenvalue weighted by Crippen LogP contribution is -2.40. The van der Waals surface area contributed by atoms with Gasteiger partial charge in [-0.05, 0) is 30.5 Å². The standard InChI is InChI=1S/C17H24N4O3S/c1-3-15-5-7-16(8-6-15)21(25(2,23)24)13-17(22)19-9-4-11-20-12-10-18-14-20/h5-8,10,12,14H,3-4,9,11,13H2,1-2H3,(H,19,22). The molecule has 0 radical (unpaired) electrons. The Labute approximate surface area is 148 Å². The fraction of sp³-hybridized carbons (Fsp3) is 0.412. The maximum atomic E-state index is 12.1. The molecule has 0 fully saturated rings. The second kappa shape index (κ2) is 8.66. The van der Waals surface area contributed by atoms with Crippen LogP contribution in [0.1, 0.15) is 18.9 Å². The van der Waals surface area contributed by atoms with Crippen LogP contribution in [-0.4, -0.2) is 43.2 Å². The van der Waals surface area contributed by atoms with Crippen molar-refractivity contribution in [3.05, 3.63) is 48.5 Å². The van der Waals surface area contributed by atoms with Crippen molar-refractivity contribution in [1.82, 2.24) is 14.9 Å². The van der Waals surface area contributed by atoms with Gasteiger partial charge in [0.25, 0.3) is 0 Å². The average molecular weight is 364 g/mol. The van der Waals surface area contributed by atoms with Crippen LogP contribution < -0.4 is 9.62 Å². The number of aromatic nitrogens is 2. The van der Waals surface area contributed by atoms with Gasteiger partial charge in [-0.25, -0.2) is 13.4 Å². The van der Waals surface area contributed by atoms with Crippen molar-refractivity contribution in [2.45, 2.75) is 26.3 Å². The van der Waals surface area contributed by atoms with Crippen molar-refractivity contribution in [2.75, 3.05) is 23.7 Å². The number of nitrogens with zero attached hydrogens (tertiary/aromatic N) is 3. The Kier molecular flexibility index (Phi) is 6.58. The molecule has 1 heterocycles. The third kappa shape index (κ3) is 5.90. The predicted molar refractivity (Wildman–Crippen MR) is 97.9 cm³/mol. The van der Waals surface area contributed by atoms with Crippen LogP contribution in [0.5, 0.6) is 0 Å². The van der Waals surface area contributed by atoms with Gasteiger partial charge in [-0.2, -0.15) is 0 Å². The Morgan fingerprint density at radius 1 is 1.28 bits per heavy atom. The molecular weight excluding hydrogens is 340 g/mol. The number of amides is 1. The number of benzene rings is 1. The fourth-order valence-corrected chi connectivity index (χ4v) is 3.25. The summed E-state index contributed by atoms with van der Waals surface area (Å²) in [5.74, 6) is -0.323. The molecule has 1 N–H and O–H groups in total. The van der Waals surface area contributed by atoms with Crippen LogP contribution in [0.4, 0.5) is 5.69 Å². The van der Waals surface area contributed by atoms with Gasteiger partial charge in [-0.15, -0.1) is 0 Å². The Balaban J connectivity index is 1.91. The minimum absolute atomic E-state index is 0.227. The minimum atomic E-state index is -3.54. The van der Waals surface area contributed by atoms with Gasteiger partial charge in [0.2, 0.25) is 15.9 Å². The Hall–Kier alpha value is -2.35. The molecule has 8 heteroatoms. The van der Waals surface area contributed by atoms with Crippen LogP contribution in [0.2, 0.25) is 0 Å². The number of nitrogens with one attached hydrogen (secondary N) is 1. The van der Waals surface area contributed by atoms with Crippen LogP contribution in [0.3, 0.4) is 0 Å². The molecule has 0 unspecified atom stereocenters. The zero-order chi connectivity index (χ0) is 18.3. The van der Waals surface area contributed by atoms with E-state index in [-0.39, 0.29) is 12.5 Å². The summed E-state index contributed by atoms with van der Waals surface area (Å²) in [5.41, 5.74) is 1.61. The molecule has 25 heavy (non-hydrogen) atoms. The molecule has 1 amide bonds. The zero-order valence-electron chi connectivity index (χ0n) is 14.6. The highest BCUT2D eigenvalue weighted by Crippen LogP contribution is 2.18. The second-order valence-electron chi connectivity index (χ2n) is 5.79. The molecule has 0 aliphatic rings. The van der Waals surface area contributed by atoms with E-state index in [1.165, 1.54) is 0 Å². The van der Waals surface area contributed by atoms with Gasteiger partial charge < -0.3 is 9.88 Å². The van der Waals surface area contributed by atoms with Crippen molar-refractivity contribution in [1.29, 1.82) is 0 Å². The molecule has 0 saturated heterocycles. The number of hydrogen-bond acceptors (Lipinski definition) is 4. The lowest BCUT2D eigenvalue weighted by atomic mass is 10.1. The van der Waals surface area contributed by atoms with Crippen LogP contribution in [0.25, 0.3) is 0 Å². The first-order valence-corrected chi connectivity index (χ1v) is 10.0.